The van der Waals surface area contributed by atoms with Crippen LogP contribution in [0.4, 0.5) is 0 Å². The highest BCUT2D eigenvalue weighted by molar-refractivity contribution is 9.10. The number of hydrogen-bond donors (Lipinski definition) is 0. The number of rotatable bonds is 23. The van der Waals surface area contributed by atoms with Crippen LogP contribution in [0.15, 0.2) is 64.7 Å². The van der Waals surface area contributed by atoms with Crippen molar-refractivity contribution in [2.45, 2.75) is 143 Å². The maximum Gasteiger partial charge on any atom is 0.305 e. The van der Waals surface area contributed by atoms with Crippen LogP contribution in [0.1, 0.15) is 99.1 Å². The van der Waals surface area contributed by atoms with Crippen LogP contribution in [-0.4, -0.2) is 66.5 Å². The fourth-order valence-electron chi connectivity index (χ4n) is 5.54. The first-order valence-corrected chi connectivity index (χ1v) is 22.3. The van der Waals surface area contributed by atoms with Gasteiger partial charge >= 0.3 is 5.97 Å². The zero-order valence-electron chi connectivity index (χ0n) is 34.2. The predicted molar refractivity (Wildman–Crippen MR) is 216 cm³/mol. The highest BCUT2D eigenvalue weighted by Gasteiger charge is 2.43. The highest BCUT2D eigenvalue weighted by Crippen LogP contribution is 2.41. The molecule has 2 rings (SSSR count). The van der Waals surface area contributed by atoms with Crippen LogP contribution >= 0.6 is 15.9 Å². The van der Waals surface area contributed by atoms with Gasteiger partial charge in [-0.25, -0.2) is 0 Å². The second-order valence-corrected chi connectivity index (χ2v) is 21.4. The van der Waals surface area contributed by atoms with E-state index in [-0.39, 0.29) is 42.2 Å². The van der Waals surface area contributed by atoms with Gasteiger partial charge in [-0.15, -0.1) is 0 Å². The third-order valence-corrected chi connectivity index (χ3v) is 15.4. The van der Waals surface area contributed by atoms with Crippen LogP contribution in [-0.2, 0) is 44.9 Å². The molecule has 10 heteroatoms. The van der Waals surface area contributed by atoms with Gasteiger partial charge in [0.05, 0.1) is 32.5 Å². The van der Waals surface area contributed by atoms with E-state index in [1.54, 1.807) is 14.2 Å². The van der Waals surface area contributed by atoms with Gasteiger partial charge in [0.15, 0.2) is 14.6 Å². The molecule has 0 aliphatic rings. The third kappa shape index (κ3) is 15.0. The molecule has 0 aromatic heterocycles. The van der Waals surface area contributed by atoms with Crippen molar-refractivity contribution in [2.75, 3.05) is 27.6 Å². The van der Waals surface area contributed by atoms with Crippen molar-refractivity contribution in [3.8, 4) is 5.75 Å². The molecule has 5 atom stereocenters. The van der Waals surface area contributed by atoms with Gasteiger partial charge in [-0.3, -0.25) is 4.79 Å². The van der Waals surface area contributed by atoms with Gasteiger partial charge in [0.2, 0.25) is 0 Å². The Bertz CT molecular complexity index is 1350. The van der Waals surface area contributed by atoms with Gasteiger partial charge in [-0.1, -0.05) is 94.7 Å². The van der Waals surface area contributed by atoms with E-state index in [0.717, 1.165) is 33.3 Å². The molecule has 1 unspecified atom stereocenters. The van der Waals surface area contributed by atoms with E-state index in [9.17, 15) is 4.79 Å². The second kappa shape index (κ2) is 21.7. The number of ether oxygens (including phenoxy) is 6. The van der Waals surface area contributed by atoms with Crippen molar-refractivity contribution in [3.05, 3.63) is 75.8 Å². The lowest BCUT2D eigenvalue weighted by Crippen LogP contribution is -2.48. The van der Waals surface area contributed by atoms with Crippen molar-refractivity contribution in [1.82, 2.24) is 0 Å². The standard InChI is InChI=1S/C42H67BrO8Si/c1-14-32(27-47-29-49-31(4)45-10)24-30(3)38(48-28-33-16-22-36(46-11)23-17-33)25-37(51-52(12,13)41(5,6)7)26-39(50-40(44)15-2)42(8,9)34-18-20-35(43)21-19-34/h16-24,31-32,37-39H,14-15,25-29H2,1-13H3/b30-24-/t31?,32-,37-,38+,39+/m1/s1. The largest absolute Gasteiger partial charge is 0.497 e. The maximum absolute atomic E-state index is 13.0. The van der Waals surface area contributed by atoms with Crippen LogP contribution < -0.4 is 4.74 Å². The zero-order valence-corrected chi connectivity index (χ0v) is 36.8. The van der Waals surface area contributed by atoms with E-state index in [1.165, 1.54) is 0 Å². The SMILES string of the molecule is CCC(=O)O[C@@H](C[C@@H](C[C@H](OCc1ccc(OC)cc1)/C(C)=C\[C@@H](CC)COCOC(C)OC)O[Si](C)(C)C(C)(C)C)C(C)(C)c1ccc(Br)cc1. The lowest BCUT2D eigenvalue weighted by atomic mass is 9.76. The first kappa shape index (κ1) is 46.1. The summed E-state index contributed by atoms with van der Waals surface area (Å²) in [5, 5.41) is -0.0283. The smallest absolute Gasteiger partial charge is 0.305 e. The van der Waals surface area contributed by atoms with E-state index in [1.807, 2.05) is 50.2 Å². The fourth-order valence-corrected chi connectivity index (χ4v) is 7.18. The van der Waals surface area contributed by atoms with E-state index >= 15 is 0 Å². The fraction of sp³-hybridized carbons (Fsp3) is 0.643. The molecule has 8 nitrogen and oxygen atoms in total. The molecule has 0 amide bonds. The van der Waals surface area contributed by atoms with Crippen molar-refractivity contribution >= 4 is 30.2 Å². The van der Waals surface area contributed by atoms with Gasteiger partial charge in [-0.05, 0) is 79.4 Å². The van der Waals surface area contributed by atoms with Crippen molar-refractivity contribution < 1.29 is 37.6 Å². The average Bonchev–Trinajstić information content (AvgIpc) is 3.10. The molecular weight excluding hydrogens is 740 g/mol. The maximum atomic E-state index is 13.0. The number of carbonyl (C=O) groups is 1. The number of methoxy groups -OCH3 is 2. The minimum atomic E-state index is -2.28. The molecule has 0 radical (unpaired) electrons. The quantitative estimate of drug-likeness (QED) is 0.0361. The lowest BCUT2D eigenvalue weighted by molar-refractivity contribution is -0.176. The topological polar surface area (TPSA) is 81.7 Å². The van der Waals surface area contributed by atoms with E-state index in [4.69, 9.17) is 32.8 Å². The van der Waals surface area contributed by atoms with Gasteiger partial charge in [0.25, 0.3) is 0 Å². The number of hydrogen-bond acceptors (Lipinski definition) is 8. The average molecular weight is 808 g/mol. The summed E-state index contributed by atoms with van der Waals surface area (Å²) >= 11 is 3.57. The first-order valence-electron chi connectivity index (χ1n) is 18.6. The summed E-state index contributed by atoms with van der Waals surface area (Å²) in [4.78, 5) is 13.0. The molecular formula is C42H67BrO8Si. The van der Waals surface area contributed by atoms with Crippen LogP contribution in [0.2, 0.25) is 18.1 Å². The molecule has 0 fully saturated rings. The van der Waals surface area contributed by atoms with Crippen LogP contribution in [0.25, 0.3) is 0 Å². The molecule has 0 bridgehead atoms. The van der Waals surface area contributed by atoms with Gasteiger partial charge in [-0.2, -0.15) is 0 Å². The van der Waals surface area contributed by atoms with Crippen LogP contribution in [0, 0.1) is 5.92 Å². The lowest BCUT2D eigenvalue weighted by Gasteiger charge is -2.43. The number of benzene rings is 2. The van der Waals surface area contributed by atoms with Crippen molar-refractivity contribution in [2.24, 2.45) is 5.92 Å². The Kier molecular flexibility index (Phi) is 19.3. The molecule has 0 aliphatic heterocycles. The Labute approximate surface area is 324 Å². The molecule has 2 aromatic carbocycles. The minimum Gasteiger partial charge on any atom is -0.497 e. The summed E-state index contributed by atoms with van der Waals surface area (Å²) in [6.45, 7) is 24.7. The van der Waals surface area contributed by atoms with E-state index < -0.39 is 19.8 Å². The monoisotopic (exact) mass is 806 g/mol. The number of esters is 1. The van der Waals surface area contributed by atoms with Crippen LogP contribution in [0.3, 0.4) is 0 Å². The Morgan fingerprint density at radius 1 is 0.923 bits per heavy atom. The second-order valence-electron chi connectivity index (χ2n) is 15.7. The molecule has 52 heavy (non-hydrogen) atoms. The van der Waals surface area contributed by atoms with Gasteiger partial charge < -0.3 is 32.8 Å². The molecule has 0 saturated heterocycles. The van der Waals surface area contributed by atoms with E-state index in [2.05, 4.69) is 95.7 Å². The Hall–Kier alpha value is -2.05. The van der Waals surface area contributed by atoms with Crippen molar-refractivity contribution in [1.29, 1.82) is 0 Å². The van der Waals surface area contributed by atoms with Crippen molar-refractivity contribution in [3.63, 3.8) is 0 Å². The Morgan fingerprint density at radius 2 is 1.56 bits per heavy atom. The zero-order chi connectivity index (χ0) is 39.1. The van der Waals surface area contributed by atoms with Crippen LogP contribution in [0.5, 0.6) is 5.75 Å². The summed E-state index contributed by atoms with van der Waals surface area (Å²) in [5.74, 6) is 0.733. The normalized spacial score (nSPS) is 15.8. The Morgan fingerprint density at radius 3 is 2.10 bits per heavy atom. The van der Waals surface area contributed by atoms with E-state index in [0.29, 0.717) is 32.5 Å². The number of carbonyl (C=O) groups excluding carboxylic acids is 1. The number of halogens is 1. The predicted octanol–water partition coefficient (Wildman–Crippen LogP) is 10.8. The Balaban J connectivity index is 2.56. The molecule has 0 saturated carbocycles. The molecule has 0 spiro atoms. The van der Waals surface area contributed by atoms with Gasteiger partial charge in [0, 0.05) is 42.2 Å². The first-order chi connectivity index (χ1) is 24.4. The summed E-state index contributed by atoms with van der Waals surface area (Å²) in [7, 11) is 0.994. The molecule has 294 valence electrons. The summed E-state index contributed by atoms with van der Waals surface area (Å²) in [5.41, 5.74) is 2.76. The summed E-state index contributed by atoms with van der Waals surface area (Å²) in [6.07, 6.45) is 3.27. The molecule has 2 aromatic rings. The van der Waals surface area contributed by atoms with Gasteiger partial charge in [0.1, 0.15) is 18.6 Å². The molecule has 0 N–H and O–H groups in total. The minimum absolute atomic E-state index is 0.0283. The molecule has 0 aliphatic carbocycles. The molecule has 0 heterocycles. The highest BCUT2D eigenvalue weighted by atomic mass is 79.9. The third-order valence-electron chi connectivity index (χ3n) is 10.4. The summed E-state index contributed by atoms with van der Waals surface area (Å²) in [6, 6.07) is 16.2. The summed E-state index contributed by atoms with van der Waals surface area (Å²) < 4.78 is 43.4.